The van der Waals surface area contributed by atoms with Crippen molar-refractivity contribution in [3.63, 3.8) is 0 Å². The molecule has 5 heteroatoms. The molecule has 0 bridgehead atoms. The average Bonchev–Trinajstić information content (AvgIpc) is 2.77. The number of aromatic nitrogens is 1. The normalized spacial score (nSPS) is 16.9. The molecule has 0 spiro atoms. The first-order valence-electron chi connectivity index (χ1n) is 6.36. The van der Waals surface area contributed by atoms with Gasteiger partial charge in [-0.1, -0.05) is 18.2 Å². The molecule has 0 amide bonds. The second kappa shape index (κ2) is 5.38. The molecule has 2 aromatic rings. The van der Waals surface area contributed by atoms with E-state index in [1.54, 1.807) is 18.3 Å². The lowest BCUT2D eigenvalue weighted by molar-refractivity contribution is 0.500. The van der Waals surface area contributed by atoms with Crippen LogP contribution in [-0.2, 0) is 13.1 Å². The van der Waals surface area contributed by atoms with Crippen LogP contribution in [0, 0.1) is 0 Å². The topological polar surface area (TPSA) is 65.4 Å². The molecule has 1 aromatic carbocycles. The Labute approximate surface area is 119 Å². The number of hydrogen-bond acceptors (Lipinski definition) is 4. The van der Waals surface area contributed by atoms with Crippen molar-refractivity contribution in [2.75, 3.05) is 0 Å². The smallest absolute Gasteiger partial charge is 0.0706 e. The molecule has 3 rings (SSSR count). The van der Waals surface area contributed by atoms with E-state index in [4.69, 9.17) is 0 Å². The molecule has 0 saturated heterocycles. The molecule has 1 aliphatic heterocycles. The summed E-state index contributed by atoms with van der Waals surface area (Å²) in [7, 11) is -2.73. The molecule has 4 nitrogen and oxygen atoms in total. The highest BCUT2D eigenvalue weighted by atomic mass is 32.3. The van der Waals surface area contributed by atoms with E-state index in [-0.39, 0.29) is 0 Å². The summed E-state index contributed by atoms with van der Waals surface area (Å²) in [6.45, 7) is 1.35. The molecule has 104 valence electrons. The van der Waals surface area contributed by atoms with E-state index in [1.807, 2.05) is 30.3 Å². The summed E-state index contributed by atoms with van der Waals surface area (Å²) in [5.74, 6) is 0. The van der Waals surface area contributed by atoms with Crippen molar-refractivity contribution < 1.29 is 9.11 Å². The summed E-state index contributed by atoms with van der Waals surface area (Å²) in [6.07, 6.45) is 3.57. The predicted octanol–water partition coefficient (Wildman–Crippen LogP) is 3.47. The minimum Gasteiger partial charge on any atom is -0.307 e. The highest BCUT2D eigenvalue weighted by Crippen LogP contribution is 2.56. The number of nitrogens with one attached hydrogen (secondary N) is 1. The molecular formula is C15H16N2O2S. The molecule has 0 unspecified atom stereocenters. The highest BCUT2D eigenvalue weighted by molar-refractivity contribution is 8.27. The Kier molecular flexibility index (Phi) is 3.58. The zero-order valence-corrected chi connectivity index (χ0v) is 11.7. The van der Waals surface area contributed by atoms with Gasteiger partial charge in [0, 0.05) is 30.3 Å². The van der Waals surface area contributed by atoms with Gasteiger partial charge in [-0.05, 0) is 29.8 Å². The van der Waals surface area contributed by atoms with E-state index >= 15 is 0 Å². The third-order valence-corrected chi connectivity index (χ3v) is 4.77. The van der Waals surface area contributed by atoms with Gasteiger partial charge in [0.25, 0.3) is 0 Å². The van der Waals surface area contributed by atoms with Crippen molar-refractivity contribution in [3.05, 3.63) is 64.8 Å². The lowest BCUT2D eigenvalue weighted by atomic mass is 10.1. The summed E-state index contributed by atoms with van der Waals surface area (Å²) in [5.41, 5.74) is 2.97. The minimum absolute atomic E-state index is 0.620. The average molecular weight is 288 g/mol. The summed E-state index contributed by atoms with van der Waals surface area (Å²) in [6, 6.07) is 11.4. The number of fused-ring (bicyclic) bond motifs is 1. The van der Waals surface area contributed by atoms with E-state index < -0.39 is 10.6 Å². The fraction of sp³-hybridized carbons (Fsp3) is 0.133. The van der Waals surface area contributed by atoms with Gasteiger partial charge in [-0.2, -0.15) is 0 Å². The SMILES string of the molecule is OS1(O)C=Cc2c(CNCc3ccccn3)cccc21. The van der Waals surface area contributed by atoms with Crippen LogP contribution in [0.15, 0.2) is 52.9 Å². The van der Waals surface area contributed by atoms with Crippen LogP contribution in [0.4, 0.5) is 0 Å². The predicted molar refractivity (Wildman–Crippen MR) is 81.4 cm³/mol. The van der Waals surface area contributed by atoms with Crippen LogP contribution in [0.2, 0.25) is 0 Å². The molecule has 2 heterocycles. The third kappa shape index (κ3) is 2.62. The molecule has 0 radical (unpaired) electrons. The first kappa shape index (κ1) is 13.3. The quantitative estimate of drug-likeness (QED) is 0.806. The van der Waals surface area contributed by atoms with Gasteiger partial charge in [0.15, 0.2) is 0 Å². The third-order valence-electron chi connectivity index (χ3n) is 3.25. The summed E-state index contributed by atoms with van der Waals surface area (Å²) in [5, 5.41) is 4.81. The molecule has 1 aromatic heterocycles. The summed E-state index contributed by atoms with van der Waals surface area (Å²) in [4.78, 5) is 4.87. The van der Waals surface area contributed by atoms with E-state index in [9.17, 15) is 9.11 Å². The van der Waals surface area contributed by atoms with Crippen molar-refractivity contribution in [1.29, 1.82) is 0 Å². The molecule has 0 saturated carbocycles. The lowest BCUT2D eigenvalue weighted by Gasteiger charge is -2.25. The van der Waals surface area contributed by atoms with Gasteiger partial charge in [-0.3, -0.25) is 14.1 Å². The van der Waals surface area contributed by atoms with Crippen molar-refractivity contribution in [2.45, 2.75) is 18.0 Å². The Morgan fingerprint density at radius 2 is 1.95 bits per heavy atom. The summed E-state index contributed by atoms with van der Waals surface area (Å²) < 4.78 is 19.8. The zero-order chi connectivity index (χ0) is 14.0. The Morgan fingerprint density at radius 1 is 1.05 bits per heavy atom. The first-order chi connectivity index (χ1) is 9.67. The van der Waals surface area contributed by atoms with E-state index in [0.29, 0.717) is 18.0 Å². The number of nitrogens with zero attached hydrogens (tertiary/aromatic N) is 1. The highest BCUT2D eigenvalue weighted by Gasteiger charge is 2.22. The molecule has 1 aliphatic rings. The molecule has 3 N–H and O–H groups in total. The van der Waals surface area contributed by atoms with Crippen molar-refractivity contribution in [3.8, 4) is 0 Å². The number of benzene rings is 1. The van der Waals surface area contributed by atoms with Crippen LogP contribution in [0.1, 0.15) is 16.8 Å². The number of hydrogen-bond donors (Lipinski definition) is 3. The second-order valence-corrected chi connectivity index (χ2v) is 6.55. The summed E-state index contributed by atoms with van der Waals surface area (Å²) >= 11 is 0. The Balaban J connectivity index is 1.71. The molecule has 0 atom stereocenters. The molecule has 0 fully saturated rings. The fourth-order valence-electron chi connectivity index (χ4n) is 2.26. The van der Waals surface area contributed by atoms with Gasteiger partial charge in [-0.25, -0.2) is 0 Å². The maximum atomic E-state index is 9.90. The van der Waals surface area contributed by atoms with Gasteiger partial charge in [-0.15, -0.1) is 10.6 Å². The standard InChI is InChI=1S/C15H16N2O2S/c18-20(19)9-7-14-12(4-3-6-15(14)20)10-16-11-13-5-1-2-8-17-13/h1-9,16,18-19H,10-11H2. The zero-order valence-electron chi connectivity index (χ0n) is 10.9. The lowest BCUT2D eigenvalue weighted by Crippen LogP contribution is -2.14. The maximum Gasteiger partial charge on any atom is 0.0706 e. The molecule has 0 aliphatic carbocycles. The largest absolute Gasteiger partial charge is 0.307 e. The monoisotopic (exact) mass is 288 g/mol. The van der Waals surface area contributed by atoms with E-state index in [2.05, 4.69) is 10.3 Å². The van der Waals surface area contributed by atoms with Crippen LogP contribution in [0.25, 0.3) is 6.08 Å². The second-order valence-electron chi connectivity index (χ2n) is 4.65. The van der Waals surface area contributed by atoms with Crippen molar-refractivity contribution >= 4 is 16.7 Å². The fourth-order valence-corrected chi connectivity index (χ4v) is 3.53. The Morgan fingerprint density at radius 3 is 2.75 bits per heavy atom. The Bertz CT molecular complexity index is 642. The van der Waals surface area contributed by atoms with Gasteiger partial charge in [0.05, 0.1) is 10.6 Å². The van der Waals surface area contributed by atoms with Gasteiger partial charge in [0.2, 0.25) is 0 Å². The van der Waals surface area contributed by atoms with Crippen molar-refractivity contribution in [2.24, 2.45) is 0 Å². The van der Waals surface area contributed by atoms with E-state index in [0.717, 1.165) is 16.8 Å². The van der Waals surface area contributed by atoms with Gasteiger partial charge < -0.3 is 5.32 Å². The maximum absolute atomic E-state index is 9.90. The minimum atomic E-state index is -2.73. The first-order valence-corrected chi connectivity index (χ1v) is 7.97. The van der Waals surface area contributed by atoms with Crippen LogP contribution in [0.3, 0.4) is 0 Å². The van der Waals surface area contributed by atoms with Crippen LogP contribution >= 0.6 is 10.6 Å². The van der Waals surface area contributed by atoms with Crippen LogP contribution in [-0.4, -0.2) is 14.1 Å². The van der Waals surface area contributed by atoms with Gasteiger partial charge in [0.1, 0.15) is 0 Å². The number of rotatable bonds is 4. The van der Waals surface area contributed by atoms with Crippen molar-refractivity contribution in [1.82, 2.24) is 10.3 Å². The van der Waals surface area contributed by atoms with Crippen LogP contribution < -0.4 is 5.32 Å². The Hall–Kier alpha value is -1.66. The van der Waals surface area contributed by atoms with E-state index in [1.165, 1.54) is 5.41 Å². The molecular weight excluding hydrogens is 272 g/mol. The number of pyridine rings is 1. The molecule has 20 heavy (non-hydrogen) atoms. The van der Waals surface area contributed by atoms with Crippen LogP contribution in [0.5, 0.6) is 0 Å². The van der Waals surface area contributed by atoms with Gasteiger partial charge >= 0.3 is 0 Å².